The van der Waals surface area contributed by atoms with E-state index in [2.05, 4.69) is 10.6 Å². The average molecular weight is 382 g/mol. The van der Waals surface area contributed by atoms with Gasteiger partial charge in [0.05, 0.1) is 5.25 Å². The first-order chi connectivity index (χ1) is 12.9. The molecule has 0 aliphatic carbocycles. The summed E-state index contributed by atoms with van der Waals surface area (Å²) in [7, 11) is 0. The van der Waals surface area contributed by atoms with E-state index in [0.717, 1.165) is 32.9 Å². The maximum absolute atomic E-state index is 12.5. The quantitative estimate of drug-likeness (QED) is 0.616. The standard InChI is InChI=1S/C21H22N2O3S/c1-13-19(18-6-4-5-7-20(18)26-13)12-22-21(25)14(2)27-17-10-8-16(9-11-17)23-15(3)24/h4-11,14H,12H2,1-3H3,(H,22,25)(H,23,24)/t14-/m1/s1. The van der Waals surface area contributed by atoms with Crippen LogP contribution in [0.5, 0.6) is 0 Å². The highest BCUT2D eigenvalue weighted by atomic mass is 32.2. The number of fused-ring (bicyclic) bond motifs is 1. The van der Waals surface area contributed by atoms with E-state index in [9.17, 15) is 9.59 Å². The number of hydrogen-bond donors (Lipinski definition) is 2. The lowest BCUT2D eigenvalue weighted by molar-refractivity contribution is -0.120. The first kappa shape index (κ1) is 19.0. The van der Waals surface area contributed by atoms with E-state index in [1.807, 2.05) is 62.4 Å². The molecule has 2 N–H and O–H groups in total. The normalized spacial score (nSPS) is 12.0. The van der Waals surface area contributed by atoms with Gasteiger partial charge in [0.25, 0.3) is 0 Å². The number of amides is 2. The minimum Gasteiger partial charge on any atom is -0.461 e. The van der Waals surface area contributed by atoms with E-state index in [1.54, 1.807) is 0 Å². The lowest BCUT2D eigenvalue weighted by Gasteiger charge is -2.12. The second-order valence-electron chi connectivity index (χ2n) is 6.32. The van der Waals surface area contributed by atoms with Crippen molar-refractivity contribution >= 4 is 40.2 Å². The summed E-state index contributed by atoms with van der Waals surface area (Å²) < 4.78 is 5.74. The second-order valence-corrected chi connectivity index (χ2v) is 7.73. The molecule has 5 nitrogen and oxygen atoms in total. The minimum atomic E-state index is -0.241. The molecular formula is C21H22N2O3S. The molecule has 0 fully saturated rings. The largest absolute Gasteiger partial charge is 0.461 e. The van der Waals surface area contributed by atoms with Crippen molar-refractivity contribution in [3.8, 4) is 0 Å². The number of rotatable bonds is 6. The fourth-order valence-corrected chi connectivity index (χ4v) is 3.73. The van der Waals surface area contributed by atoms with Gasteiger partial charge < -0.3 is 15.1 Å². The number of para-hydroxylation sites is 1. The Morgan fingerprint density at radius 1 is 1.11 bits per heavy atom. The van der Waals surface area contributed by atoms with Gasteiger partial charge in [-0.2, -0.15) is 0 Å². The lowest BCUT2D eigenvalue weighted by atomic mass is 10.1. The molecule has 6 heteroatoms. The van der Waals surface area contributed by atoms with Crippen molar-refractivity contribution in [1.29, 1.82) is 0 Å². The van der Waals surface area contributed by atoms with Crippen LogP contribution in [-0.4, -0.2) is 17.1 Å². The fraction of sp³-hybridized carbons (Fsp3) is 0.238. The molecule has 0 aliphatic heterocycles. The molecule has 0 bridgehead atoms. The Bertz CT molecular complexity index is 963. The molecule has 0 aliphatic rings. The van der Waals surface area contributed by atoms with Crippen LogP contribution in [0.4, 0.5) is 5.69 Å². The first-order valence-electron chi connectivity index (χ1n) is 8.73. The fourth-order valence-electron chi connectivity index (χ4n) is 2.84. The van der Waals surface area contributed by atoms with E-state index >= 15 is 0 Å². The third kappa shape index (κ3) is 4.71. The number of furan rings is 1. The van der Waals surface area contributed by atoms with Gasteiger partial charge in [-0.05, 0) is 44.2 Å². The summed E-state index contributed by atoms with van der Waals surface area (Å²) in [5.74, 6) is 0.686. The van der Waals surface area contributed by atoms with Crippen molar-refractivity contribution in [1.82, 2.24) is 5.32 Å². The third-order valence-electron chi connectivity index (χ3n) is 4.20. The Labute approximate surface area is 162 Å². The molecular weight excluding hydrogens is 360 g/mol. The van der Waals surface area contributed by atoms with Crippen LogP contribution in [0.1, 0.15) is 25.2 Å². The van der Waals surface area contributed by atoms with E-state index in [4.69, 9.17) is 4.42 Å². The Kier molecular flexibility index (Phi) is 5.86. The number of benzene rings is 2. The highest BCUT2D eigenvalue weighted by molar-refractivity contribution is 8.00. The SMILES string of the molecule is CC(=O)Nc1ccc(S[C@H](C)C(=O)NCc2c(C)oc3ccccc23)cc1. The molecule has 1 heterocycles. The third-order valence-corrected chi connectivity index (χ3v) is 5.31. The molecule has 0 saturated heterocycles. The number of carbonyl (C=O) groups is 2. The molecule has 140 valence electrons. The number of aryl methyl sites for hydroxylation is 1. The molecule has 2 amide bonds. The van der Waals surface area contributed by atoms with E-state index in [1.165, 1.54) is 18.7 Å². The predicted octanol–water partition coefficient (Wildman–Crippen LogP) is 4.50. The maximum Gasteiger partial charge on any atom is 0.233 e. The van der Waals surface area contributed by atoms with Crippen LogP contribution < -0.4 is 10.6 Å². The zero-order valence-corrected chi connectivity index (χ0v) is 16.4. The number of nitrogens with one attached hydrogen (secondary N) is 2. The van der Waals surface area contributed by atoms with Crippen molar-refractivity contribution in [2.45, 2.75) is 37.5 Å². The van der Waals surface area contributed by atoms with Gasteiger partial charge in [0.2, 0.25) is 11.8 Å². The van der Waals surface area contributed by atoms with Gasteiger partial charge in [0.1, 0.15) is 11.3 Å². The summed E-state index contributed by atoms with van der Waals surface area (Å²) >= 11 is 1.48. The van der Waals surface area contributed by atoms with Gasteiger partial charge in [-0.15, -0.1) is 11.8 Å². The van der Waals surface area contributed by atoms with Crippen LogP contribution in [0.3, 0.4) is 0 Å². The Hall–Kier alpha value is -2.73. The zero-order chi connectivity index (χ0) is 19.4. The topological polar surface area (TPSA) is 71.3 Å². The van der Waals surface area contributed by atoms with Crippen LogP contribution in [-0.2, 0) is 16.1 Å². The van der Waals surface area contributed by atoms with Crippen molar-refractivity contribution < 1.29 is 14.0 Å². The van der Waals surface area contributed by atoms with Gasteiger partial charge in [0.15, 0.2) is 0 Å². The minimum absolute atomic E-state index is 0.0318. The van der Waals surface area contributed by atoms with Gasteiger partial charge in [-0.3, -0.25) is 9.59 Å². The summed E-state index contributed by atoms with van der Waals surface area (Å²) in [5.41, 5.74) is 2.59. The Morgan fingerprint density at radius 2 is 1.81 bits per heavy atom. The number of carbonyl (C=O) groups excluding carboxylic acids is 2. The van der Waals surface area contributed by atoms with Gasteiger partial charge >= 0.3 is 0 Å². The molecule has 2 aromatic carbocycles. The molecule has 3 aromatic rings. The van der Waals surface area contributed by atoms with Crippen LogP contribution >= 0.6 is 11.8 Å². The summed E-state index contributed by atoms with van der Waals surface area (Å²) in [6, 6.07) is 15.3. The average Bonchev–Trinajstić information content (AvgIpc) is 2.96. The molecule has 0 spiro atoms. The van der Waals surface area contributed by atoms with Crippen LogP contribution in [0.2, 0.25) is 0 Å². The summed E-state index contributed by atoms with van der Waals surface area (Å²) in [6.07, 6.45) is 0. The van der Waals surface area contributed by atoms with Gasteiger partial charge in [-0.1, -0.05) is 18.2 Å². The predicted molar refractivity (Wildman–Crippen MR) is 109 cm³/mol. The molecule has 3 rings (SSSR count). The van der Waals surface area contributed by atoms with Crippen molar-refractivity contribution in [2.75, 3.05) is 5.32 Å². The number of thioether (sulfide) groups is 1. The van der Waals surface area contributed by atoms with Crippen LogP contribution in [0.25, 0.3) is 11.0 Å². The summed E-state index contributed by atoms with van der Waals surface area (Å²) in [6.45, 7) is 5.70. The zero-order valence-electron chi connectivity index (χ0n) is 15.5. The molecule has 1 aromatic heterocycles. The maximum atomic E-state index is 12.5. The van der Waals surface area contributed by atoms with E-state index in [-0.39, 0.29) is 17.1 Å². The molecule has 0 saturated carbocycles. The van der Waals surface area contributed by atoms with E-state index in [0.29, 0.717) is 6.54 Å². The lowest BCUT2D eigenvalue weighted by Crippen LogP contribution is -2.30. The monoisotopic (exact) mass is 382 g/mol. The van der Waals surface area contributed by atoms with E-state index < -0.39 is 0 Å². The first-order valence-corrected chi connectivity index (χ1v) is 9.61. The summed E-state index contributed by atoms with van der Waals surface area (Å²) in [5, 5.41) is 6.52. The highest BCUT2D eigenvalue weighted by Crippen LogP contribution is 2.27. The van der Waals surface area contributed by atoms with Crippen molar-refractivity contribution in [2.24, 2.45) is 0 Å². The summed E-state index contributed by atoms with van der Waals surface area (Å²) in [4.78, 5) is 24.5. The Balaban J connectivity index is 1.59. The van der Waals surface area contributed by atoms with Crippen molar-refractivity contribution in [3.63, 3.8) is 0 Å². The molecule has 0 radical (unpaired) electrons. The number of anilines is 1. The van der Waals surface area contributed by atoms with Gasteiger partial charge in [-0.25, -0.2) is 0 Å². The van der Waals surface area contributed by atoms with Crippen LogP contribution in [0.15, 0.2) is 57.8 Å². The molecule has 27 heavy (non-hydrogen) atoms. The smallest absolute Gasteiger partial charge is 0.233 e. The van der Waals surface area contributed by atoms with Crippen LogP contribution in [0, 0.1) is 6.92 Å². The van der Waals surface area contributed by atoms with Crippen molar-refractivity contribution in [3.05, 3.63) is 59.9 Å². The number of hydrogen-bond acceptors (Lipinski definition) is 4. The molecule has 0 unspecified atom stereocenters. The molecule has 1 atom stereocenters. The van der Waals surface area contributed by atoms with Gasteiger partial charge in [0, 0.05) is 35.0 Å². The highest BCUT2D eigenvalue weighted by Gasteiger charge is 2.16. The second kappa shape index (κ2) is 8.31. The Morgan fingerprint density at radius 3 is 2.52 bits per heavy atom.